The molecule has 1 aliphatic rings. The van der Waals surface area contributed by atoms with Crippen molar-refractivity contribution in [2.24, 2.45) is 0 Å². The van der Waals surface area contributed by atoms with E-state index in [0.29, 0.717) is 18.0 Å². The first-order chi connectivity index (χ1) is 16.6. The smallest absolute Gasteiger partial charge is 0.225 e. The minimum absolute atomic E-state index is 0.383. The highest BCUT2D eigenvalue weighted by Crippen LogP contribution is 2.26. The zero-order valence-corrected chi connectivity index (χ0v) is 21.1. The number of anilines is 2. The number of fused-ring (bicyclic) bond motifs is 1. The molecule has 1 fully saturated rings. The van der Waals surface area contributed by atoms with E-state index < -0.39 is 0 Å². The molecule has 7 heteroatoms. The largest absolute Gasteiger partial charge is 0.363 e. The van der Waals surface area contributed by atoms with Crippen molar-refractivity contribution in [1.29, 1.82) is 0 Å². The Hall–Kier alpha value is -2.93. The first kappa shape index (κ1) is 24.2. The zero-order chi connectivity index (χ0) is 23.8. The van der Waals surface area contributed by atoms with Gasteiger partial charge in [0.15, 0.2) is 5.11 Å². The summed E-state index contributed by atoms with van der Waals surface area (Å²) in [7, 11) is 4.05. The number of hydrogen-bond acceptors (Lipinski definition) is 5. The SMILES string of the molecule is CN(C)c1nc(N[C@H]2CC[C@@H](NC(=S)NCCCCc3ccccc3)CC2)nc2ccccc12. The molecular weight excluding hydrogens is 440 g/mol. The second kappa shape index (κ2) is 12.0. The van der Waals surface area contributed by atoms with E-state index >= 15 is 0 Å². The summed E-state index contributed by atoms with van der Waals surface area (Å²) < 4.78 is 0. The summed E-state index contributed by atoms with van der Waals surface area (Å²) in [4.78, 5) is 11.6. The Morgan fingerprint density at radius 2 is 1.62 bits per heavy atom. The van der Waals surface area contributed by atoms with Crippen molar-refractivity contribution in [3.63, 3.8) is 0 Å². The van der Waals surface area contributed by atoms with Crippen LogP contribution in [0.25, 0.3) is 10.9 Å². The Morgan fingerprint density at radius 1 is 0.912 bits per heavy atom. The Morgan fingerprint density at radius 3 is 2.38 bits per heavy atom. The van der Waals surface area contributed by atoms with Gasteiger partial charge in [-0.3, -0.25) is 0 Å². The Bertz CT molecular complexity index is 1060. The van der Waals surface area contributed by atoms with E-state index in [4.69, 9.17) is 22.2 Å². The van der Waals surface area contributed by atoms with Crippen molar-refractivity contribution in [2.75, 3.05) is 30.9 Å². The van der Waals surface area contributed by atoms with Crippen LogP contribution in [-0.2, 0) is 6.42 Å². The number of thiocarbonyl (C=S) groups is 1. The van der Waals surface area contributed by atoms with Crippen LogP contribution in [0.2, 0.25) is 0 Å². The van der Waals surface area contributed by atoms with E-state index in [1.165, 1.54) is 12.0 Å². The highest BCUT2D eigenvalue weighted by Gasteiger charge is 2.22. The molecule has 4 rings (SSSR count). The standard InChI is InChI=1S/C27H36N6S/c1-33(2)25-23-13-6-7-14-24(23)31-26(32-25)29-21-15-17-22(18-16-21)30-27(34)28-19-9-8-12-20-10-4-3-5-11-20/h3-7,10-11,13-14,21-22H,8-9,12,15-19H2,1-2H3,(H2,28,30,34)(H,29,31,32)/t21-,22+. The van der Waals surface area contributed by atoms with E-state index in [-0.39, 0.29) is 0 Å². The van der Waals surface area contributed by atoms with Crippen LogP contribution in [-0.4, -0.2) is 47.8 Å². The molecule has 6 nitrogen and oxygen atoms in total. The molecule has 0 saturated heterocycles. The van der Waals surface area contributed by atoms with Crippen LogP contribution in [0, 0.1) is 0 Å². The van der Waals surface area contributed by atoms with Gasteiger partial charge in [-0.05, 0) is 74.9 Å². The highest BCUT2D eigenvalue weighted by atomic mass is 32.1. The lowest BCUT2D eigenvalue weighted by Crippen LogP contribution is -2.45. The molecule has 34 heavy (non-hydrogen) atoms. The minimum Gasteiger partial charge on any atom is -0.363 e. The highest BCUT2D eigenvalue weighted by molar-refractivity contribution is 7.80. The van der Waals surface area contributed by atoms with Crippen molar-refractivity contribution >= 4 is 40.0 Å². The lowest BCUT2D eigenvalue weighted by Gasteiger charge is -2.30. The van der Waals surface area contributed by atoms with Gasteiger partial charge in [0, 0.05) is 38.1 Å². The molecule has 0 spiro atoms. The van der Waals surface area contributed by atoms with Crippen molar-refractivity contribution < 1.29 is 0 Å². The third-order valence-electron chi connectivity index (χ3n) is 6.42. The zero-order valence-electron chi connectivity index (χ0n) is 20.3. The van der Waals surface area contributed by atoms with Crippen molar-refractivity contribution in [3.8, 4) is 0 Å². The summed E-state index contributed by atoms with van der Waals surface area (Å²) in [6.45, 7) is 0.920. The third-order valence-corrected chi connectivity index (χ3v) is 6.69. The van der Waals surface area contributed by atoms with Gasteiger partial charge in [-0.2, -0.15) is 4.98 Å². The van der Waals surface area contributed by atoms with Crippen LogP contribution in [0.4, 0.5) is 11.8 Å². The number of aryl methyl sites for hydroxylation is 1. The molecule has 1 aliphatic carbocycles. The topological polar surface area (TPSA) is 65.1 Å². The fraction of sp³-hybridized carbons (Fsp3) is 0.444. The maximum absolute atomic E-state index is 5.53. The fourth-order valence-electron chi connectivity index (χ4n) is 4.57. The molecule has 1 aromatic heterocycles. The van der Waals surface area contributed by atoms with Gasteiger partial charge in [0.05, 0.1) is 5.52 Å². The molecule has 180 valence electrons. The second-order valence-corrected chi connectivity index (χ2v) is 9.73. The Balaban J connectivity index is 1.18. The van der Waals surface area contributed by atoms with E-state index in [1.54, 1.807) is 0 Å². The number of para-hydroxylation sites is 1. The van der Waals surface area contributed by atoms with Gasteiger partial charge in [0.25, 0.3) is 0 Å². The van der Waals surface area contributed by atoms with Gasteiger partial charge >= 0.3 is 0 Å². The van der Waals surface area contributed by atoms with E-state index in [2.05, 4.69) is 52.3 Å². The second-order valence-electron chi connectivity index (χ2n) is 9.32. The normalized spacial score (nSPS) is 17.8. The molecule has 0 bridgehead atoms. The number of hydrogen-bond donors (Lipinski definition) is 3. The summed E-state index contributed by atoms with van der Waals surface area (Å²) in [5, 5.41) is 12.3. The van der Waals surface area contributed by atoms with Gasteiger partial charge in [0.2, 0.25) is 5.95 Å². The van der Waals surface area contributed by atoms with Gasteiger partial charge in [-0.1, -0.05) is 42.5 Å². The molecule has 3 N–H and O–H groups in total. The molecular formula is C27H36N6S. The molecule has 0 atom stereocenters. The molecule has 3 aromatic rings. The molecule has 0 radical (unpaired) electrons. The quantitative estimate of drug-likeness (QED) is 0.300. The third kappa shape index (κ3) is 6.79. The average Bonchev–Trinajstić information content (AvgIpc) is 2.85. The molecule has 0 amide bonds. The molecule has 1 heterocycles. The first-order valence-electron chi connectivity index (χ1n) is 12.4. The van der Waals surface area contributed by atoms with Gasteiger partial charge < -0.3 is 20.9 Å². The first-order valence-corrected chi connectivity index (χ1v) is 12.8. The van der Waals surface area contributed by atoms with Gasteiger partial charge in [0.1, 0.15) is 5.82 Å². The van der Waals surface area contributed by atoms with Gasteiger partial charge in [-0.25, -0.2) is 4.98 Å². The predicted molar refractivity (Wildman–Crippen MR) is 147 cm³/mol. The molecule has 1 saturated carbocycles. The van der Waals surface area contributed by atoms with Crippen LogP contribution in [0.3, 0.4) is 0 Å². The molecule has 0 unspecified atom stereocenters. The maximum atomic E-state index is 5.53. The van der Waals surface area contributed by atoms with Gasteiger partial charge in [-0.15, -0.1) is 0 Å². The van der Waals surface area contributed by atoms with E-state index in [9.17, 15) is 0 Å². The summed E-state index contributed by atoms with van der Waals surface area (Å²) in [6.07, 6.45) is 7.73. The van der Waals surface area contributed by atoms with Crippen LogP contribution in [0.5, 0.6) is 0 Å². The van der Waals surface area contributed by atoms with E-state index in [0.717, 1.165) is 66.9 Å². The summed E-state index contributed by atoms with van der Waals surface area (Å²) >= 11 is 5.53. The number of nitrogens with zero attached hydrogens (tertiary/aromatic N) is 3. The van der Waals surface area contributed by atoms with Crippen molar-refractivity contribution in [2.45, 2.75) is 57.0 Å². The number of unbranched alkanes of at least 4 members (excludes halogenated alkanes) is 1. The Kier molecular flexibility index (Phi) is 8.52. The van der Waals surface area contributed by atoms with Crippen LogP contribution >= 0.6 is 12.2 Å². The van der Waals surface area contributed by atoms with Crippen molar-refractivity contribution in [3.05, 3.63) is 60.2 Å². The number of nitrogens with one attached hydrogen (secondary N) is 3. The monoisotopic (exact) mass is 476 g/mol. The molecule has 0 aliphatic heterocycles. The summed E-state index contributed by atoms with van der Waals surface area (Å²) in [6, 6.07) is 19.6. The van der Waals surface area contributed by atoms with Crippen LogP contribution in [0.15, 0.2) is 54.6 Å². The summed E-state index contributed by atoms with van der Waals surface area (Å²) in [5.41, 5.74) is 2.37. The number of aromatic nitrogens is 2. The molecule has 2 aromatic carbocycles. The number of rotatable bonds is 9. The van der Waals surface area contributed by atoms with Crippen LogP contribution < -0.4 is 20.9 Å². The number of benzene rings is 2. The average molecular weight is 477 g/mol. The lowest BCUT2D eigenvalue weighted by atomic mass is 9.91. The fourth-order valence-corrected chi connectivity index (χ4v) is 4.84. The predicted octanol–water partition coefficient (Wildman–Crippen LogP) is 4.91. The van der Waals surface area contributed by atoms with E-state index in [1.807, 2.05) is 37.2 Å². The maximum Gasteiger partial charge on any atom is 0.225 e. The van der Waals surface area contributed by atoms with Crippen molar-refractivity contribution in [1.82, 2.24) is 20.6 Å². The van der Waals surface area contributed by atoms with Crippen LogP contribution in [0.1, 0.15) is 44.1 Å². The lowest BCUT2D eigenvalue weighted by molar-refractivity contribution is 0.385. The Labute approximate surface area is 208 Å². The summed E-state index contributed by atoms with van der Waals surface area (Å²) in [5.74, 6) is 1.66. The minimum atomic E-state index is 0.383.